The van der Waals surface area contributed by atoms with Gasteiger partial charge in [0.25, 0.3) is 15.9 Å². The summed E-state index contributed by atoms with van der Waals surface area (Å²) >= 11 is 1.27. The maximum absolute atomic E-state index is 12.9. The highest BCUT2D eigenvalue weighted by Crippen LogP contribution is 2.36. The van der Waals surface area contributed by atoms with Crippen LogP contribution >= 0.6 is 11.3 Å². The number of hydrogen-bond acceptors (Lipinski definition) is 7. The Labute approximate surface area is 185 Å². The molecule has 0 bridgehead atoms. The fraction of sp³-hybridized carbons (Fsp3) is 0.381. The summed E-state index contributed by atoms with van der Waals surface area (Å²) in [4.78, 5) is 27.9. The van der Waals surface area contributed by atoms with Crippen LogP contribution in [0.1, 0.15) is 56.8 Å². The number of sulfonamides is 1. The molecule has 0 unspecified atom stereocenters. The fourth-order valence-corrected chi connectivity index (χ4v) is 6.19. The van der Waals surface area contributed by atoms with Gasteiger partial charge >= 0.3 is 5.97 Å². The molecule has 0 spiro atoms. The topological polar surface area (TPSA) is 105 Å². The number of rotatable bonds is 3. The van der Waals surface area contributed by atoms with Gasteiger partial charge in [0.2, 0.25) is 0 Å². The minimum atomic E-state index is -3.89. The van der Waals surface area contributed by atoms with E-state index in [2.05, 4.69) is 9.71 Å². The van der Waals surface area contributed by atoms with Gasteiger partial charge in [-0.05, 0) is 50.5 Å². The lowest BCUT2D eigenvalue weighted by Crippen LogP contribution is -2.35. The van der Waals surface area contributed by atoms with Gasteiger partial charge in [-0.3, -0.25) is 4.79 Å². The number of amidine groups is 1. The van der Waals surface area contributed by atoms with Crippen molar-refractivity contribution in [2.75, 3.05) is 23.9 Å². The average Bonchev–Trinajstić information content (AvgIpc) is 2.89. The summed E-state index contributed by atoms with van der Waals surface area (Å²) in [7, 11) is -2.61. The van der Waals surface area contributed by atoms with Crippen LogP contribution in [0, 0.1) is 13.8 Å². The maximum atomic E-state index is 12.9. The first-order valence-corrected chi connectivity index (χ1v) is 12.2. The van der Waals surface area contributed by atoms with Crippen molar-refractivity contribution < 1.29 is 22.7 Å². The lowest BCUT2D eigenvalue weighted by atomic mass is 10.1. The third-order valence-corrected chi connectivity index (χ3v) is 8.07. The molecule has 0 saturated carbocycles. The summed E-state index contributed by atoms with van der Waals surface area (Å²) < 4.78 is 34.4. The van der Waals surface area contributed by atoms with E-state index in [9.17, 15) is 18.0 Å². The van der Waals surface area contributed by atoms with E-state index >= 15 is 0 Å². The van der Waals surface area contributed by atoms with Crippen LogP contribution in [0.25, 0.3) is 0 Å². The Balaban J connectivity index is 1.69. The number of nitrogens with zero attached hydrogens (tertiary/aromatic N) is 2. The Hall–Kier alpha value is -2.72. The Bertz CT molecular complexity index is 1210. The second kappa shape index (κ2) is 8.08. The molecule has 2 aromatic rings. The number of methoxy groups -OCH3 is 1. The predicted molar refractivity (Wildman–Crippen MR) is 120 cm³/mol. The Morgan fingerprint density at radius 3 is 2.71 bits per heavy atom. The molecule has 1 aromatic heterocycles. The number of esters is 1. The van der Waals surface area contributed by atoms with Crippen molar-refractivity contribution in [1.29, 1.82) is 0 Å². The molecule has 2 aliphatic rings. The summed E-state index contributed by atoms with van der Waals surface area (Å²) in [6, 6.07) is 4.62. The van der Waals surface area contributed by atoms with Crippen LogP contribution in [0.4, 0.5) is 10.7 Å². The molecule has 2 aliphatic heterocycles. The van der Waals surface area contributed by atoms with Crippen molar-refractivity contribution in [2.45, 2.75) is 44.4 Å². The van der Waals surface area contributed by atoms with E-state index in [4.69, 9.17) is 4.74 Å². The van der Waals surface area contributed by atoms with Gasteiger partial charge in [0.15, 0.2) is 0 Å². The molecule has 31 heavy (non-hydrogen) atoms. The number of thiophene rings is 1. The molecule has 10 heteroatoms. The van der Waals surface area contributed by atoms with Crippen LogP contribution in [-0.2, 0) is 14.8 Å². The van der Waals surface area contributed by atoms with Gasteiger partial charge < -0.3 is 15.0 Å². The van der Waals surface area contributed by atoms with Gasteiger partial charge in [0, 0.05) is 23.4 Å². The average molecular weight is 462 g/mol. The quantitative estimate of drug-likeness (QED) is 0.696. The molecule has 0 radical (unpaired) electrons. The summed E-state index contributed by atoms with van der Waals surface area (Å²) in [5, 5.41) is 3.11. The van der Waals surface area contributed by atoms with Crippen molar-refractivity contribution in [3.05, 3.63) is 39.8 Å². The molecule has 1 aromatic carbocycles. The van der Waals surface area contributed by atoms with E-state index in [1.54, 1.807) is 19.1 Å². The number of nitrogens with one attached hydrogen (secondary N) is 1. The third-order valence-electron chi connectivity index (χ3n) is 5.61. The van der Waals surface area contributed by atoms with E-state index in [1.165, 1.54) is 24.5 Å². The number of carbonyl (C=O) groups is 2. The lowest BCUT2D eigenvalue weighted by Gasteiger charge is -2.29. The van der Waals surface area contributed by atoms with Crippen molar-refractivity contribution in [3.8, 4) is 0 Å². The van der Waals surface area contributed by atoms with Crippen LogP contribution in [0.2, 0.25) is 0 Å². The highest BCUT2D eigenvalue weighted by atomic mass is 32.2. The van der Waals surface area contributed by atoms with Crippen molar-refractivity contribution in [2.24, 2.45) is 4.40 Å². The maximum Gasteiger partial charge on any atom is 0.341 e. The largest absolute Gasteiger partial charge is 0.465 e. The van der Waals surface area contributed by atoms with Gasteiger partial charge in [-0.15, -0.1) is 15.7 Å². The molecule has 0 aliphatic carbocycles. The minimum absolute atomic E-state index is 0.0255. The summed E-state index contributed by atoms with van der Waals surface area (Å²) in [5.74, 6) is -0.474. The molecule has 1 saturated heterocycles. The van der Waals surface area contributed by atoms with Crippen LogP contribution in [0.15, 0.2) is 27.5 Å². The second-order valence-corrected chi connectivity index (χ2v) is 10.4. The molecule has 3 heterocycles. The molecule has 0 atom stereocenters. The zero-order valence-electron chi connectivity index (χ0n) is 17.5. The van der Waals surface area contributed by atoms with Gasteiger partial charge in [-0.1, -0.05) is 6.42 Å². The van der Waals surface area contributed by atoms with E-state index in [0.717, 1.165) is 29.7 Å². The number of ether oxygens (including phenoxy) is 1. The van der Waals surface area contributed by atoms with Gasteiger partial charge in [-0.2, -0.15) is 8.42 Å². The van der Waals surface area contributed by atoms with Crippen molar-refractivity contribution in [1.82, 2.24) is 0 Å². The monoisotopic (exact) mass is 461 g/mol. The van der Waals surface area contributed by atoms with E-state index < -0.39 is 21.9 Å². The minimum Gasteiger partial charge on any atom is -0.465 e. The van der Waals surface area contributed by atoms with E-state index in [-0.39, 0.29) is 10.5 Å². The van der Waals surface area contributed by atoms with Gasteiger partial charge in [-0.25, -0.2) is 4.79 Å². The van der Waals surface area contributed by atoms with E-state index in [1.807, 2.05) is 11.8 Å². The normalized spacial score (nSPS) is 17.1. The fourth-order valence-electron chi connectivity index (χ4n) is 3.86. The van der Waals surface area contributed by atoms with Gasteiger partial charge in [0.05, 0.1) is 18.4 Å². The second-order valence-electron chi connectivity index (χ2n) is 7.56. The van der Waals surface area contributed by atoms with Crippen LogP contribution in [-0.4, -0.2) is 39.8 Å². The summed E-state index contributed by atoms with van der Waals surface area (Å²) in [6.07, 6.45) is 3.50. The Morgan fingerprint density at radius 1 is 1.19 bits per heavy atom. The van der Waals surface area contributed by atoms with Crippen LogP contribution in [0.5, 0.6) is 0 Å². The number of anilines is 2. The first kappa shape index (κ1) is 21.5. The smallest absolute Gasteiger partial charge is 0.341 e. The number of fused-ring (bicyclic) bond motifs is 3. The number of benzene rings is 1. The number of aryl methyl sites for hydroxylation is 1. The molecule has 8 nitrogen and oxygen atoms in total. The highest BCUT2D eigenvalue weighted by Gasteiger charge is 2.32. The highest BCUT2D eigenvalue weighted by molar-refractivity contribution is 7.90. The van der Waals surface area contributed by atoms with Crippen LogP contribution < -0.4 is 10.2 Å². The van der Waals surface area contributed by atoms with Crippen molar-refractivity contribution >= 4 is 49.8 Å². The standard InChI is InChI=1S/C21H23N3O5S2/c1-12-13(2)30-20(18(12)21(26)29-3)22-19(25)14-8-9-15-16(11-14)31(27,28)23-17-7-5-4-6-10-24(15)17/h8-9,11H,4-7,10H2,1-3H3,(H,22,25). The molecular formula is C21H23N3O5S2. The zero-order valence-corrected chi connectivity index (χ0v) is 19.2. The lowest BCUT2D eigenvalue weighted by molar-refractivity contribution is 0.0601. The van der Waals surface area contributed by atoms with E-state index in [0.29, 0.717) is 35.1 Å². The van der Waals surface area contributed by atoms with Crippen molar-refractivity contribution in [3.63, 3.8) is 0 Å². The molecule has 1 N–H and O–H groups in total. The number of carbonyl (C=O) groups excluding carboxylic acids is 2. The Morgan fingerprint density at radius 2 is 1.97 bits per heavy atom. The summed E-state index contributed by atoms with van der Waals surface area (Å²) in [5.41, 5.74) is 1.78. The third kappa shape index (κ3) is 3.85. The zero-order chi connectivity index (χ0) is 22.3. The SMILES string of the molecule is COC(=O)c1c(NC(=O)c2ccc3c(c2)S(=O)(=O)N=C2CCCCCN23)sc(C)c1C. The molecule has 1 amide bonds. The van der Waals surface area contributed by atoms with Crippen LogP contribution in [0.3, 0.4) is 0 Å². The first-order chi connectivity index (χ1) is 14.7. The first-order valence-electron chi connectivity index (χ1n) is 9.98. The molecular weight excluding hydrogens is 438 g/mol. The van der Waals surface area contributed by atoms with Gasteiger partial charge in [0.1, 0.15) is 15.7 Å². The predicted octanol–water partition coefficient (Wildman–Crippen LogP) is 3.89. The number of amides is 1. The summed E-state index contributed by atoms with van der Waals surface area (Å²) in [6.45, 7) is 4.34. The molecule has 1 fully saturated rings. The Kier molecular flexibility index (Phi) is 5.61. The molecule has 4 rings (SSSR count). The molecule has 164 valence electrons. The number of hydrogen-bond donors (Lipinski definition) is 1.